The summed E-state index contributed by atoms with van der Waals surface area (Å²) in [5.74, 6) is -2.77. The van der Waals surface area contributed by atoms with Gasteiger partial charge in [-0.15, -0.1) is 0 Å². The Labute approximate surface area is 109 Å². The molecule has 0 aliphatic heterocycles. The van der Waals surface area contributed by atoms with Crippen LogP contribution in [-0.2, 0) is 19.1 Å². The zero-order valence-electron chi connectivity index (χ0n) is 10.4. The average molecular weight is 278 g/mol. The van der Waals surface area contributed by atoms with Crippen molar-refractivity contribution in [3.8, 4) is 0 Å². The third-order valence-corrected chi connectivity index (χ3v) is 1.95. The van der Waals surface area contributed by atoms with Crippen molar-refractivity contribution in [2.45, 2.75) is 0 Å². The number of aliphatic hydroxyl groups excluding tert-OH is 1. The van der Waals surface area contributed by atoms with E-state index in [1.807, 2.05) is 0 Å². The SMILES string of the molecule is O=C(O)CNCCN(CC(=O)O)CC(=O)OCCO. The van der Waals surface area contributed by atoms with Gasteiger partial charge in [-0.2, -0.15) is 0 Å². The van der Waals surface area contributed by atoms with E-state index in [9.17, 15) is 14.4 Å². The molecular formula is C10H18N2O7. The van der Waals surface area contributed by atoms with Crippen LogP contribution in [0.15, 0.2) is 0 Å². The highest BCUT2D eigenvalue weighted by atomic mass is 16.5. The number of hydrogen-bond donors (Lipinski definition) is 4. The molecule has 0 unspecified atom stereocenters. The second-order valence-electron chi connectivity index (χ2n) is 3.62. The van der Waals surface area contributed by atoms with Crippen LogP contribution < -0.4 is 5.32 Å². The van der Waals surface area contributed by atoms with Crippen LogP contribution >= 0.6 is 0 Å². The Morgan fingerprint density at radius 3 is 2.32 bits per heavy atom. The quantitative estimate of drug-likeness (QED) is 0.240. The minimum Gasteiger partial charge on any atom is -0.480 e. The lowest BCUT2D eigenvalue weighted by Crippen LogP contribution is -2.40. The maximum atomic E-state index is 11.3. The van der Waals surface area contributed by atoms with Gasteiger partial charge in [0, 0.05) is 13.1 Å². The molecule has 0 amide bonds. The third kappa shape index (κ3) is 11.1. The first-order valence-corrected chi connectivity index (χ1v) is 5.59. The fraction of sp³-hybridized carbons (Fsp3) is 0.700. The molecule has 0 saturated carbocycles. The summed E-state index contributed by atoms with van der Waals surface area (Å²) in [6.45, 7) is -0.859. The highest BCUT2D eigenvalue weighted by Gasteiger charge is 2.14. The number of nitrogens with one attached hydrogen (secondary N) is 1. The zero-order chi connectivity index (χ0) is 14.7. The highest BCUT2D eigenvalue weighted by Crippen LogP contribution is 1.90. The van der Waals surface area contributed by atoms with Gasteiger partial charge in [-0.25, -0.2) is 0 Å². The van der Waals surface area contributed by atoms with Crippen LogP contribution in [0.25, 0.3) is 0 Å². The van der Waals surface area contributed by atoms with E-state index in [1.54, 1.807) is 0 Å². The van der Waals surface area contributed by atoms with Crippen LogP contribution in [-0.4, -0.2) is 84.1 Å². The van der Waals surface area contributed by atoms with Gasteiger partial charge in [0.15, 0.2) is 0 Å². The van der Waals surface area contributed by atoms with Crippen LogP contribution in [0.5, 0.6) is 0 Å². The number of ether oxygens (including phenoxy) is 1. The number of carboxylic acids is 2. The van der Waals surface area contributed by atoms with E-state index in [0.717, 1.165) is 0 Å². The average Bonchev–Trinajstić information content (AvgIpc) is 2.30. The Morgan fingerprint density at radius 1 is 1.11 bits per heavy atom. The lowest BCUT2D eigenvalue weighted by Gasteiger charge is -2.19. The predicted octanol–water partition coefficient (Wildman–Crippen LogP) is -2.42. The first kappa shape index (κ1) is 17.3. The summed E-state index contributed by atoms with van der Waals surface area (Å²) in [6.07, 6.45) is 0. The lowest BCUT2D eigenvalue weighted by atomic mass is 10.4. The lowest BCUT2D eigenvalue weighted by molar-refractivity contribution is -0.147. The van der Waals surface area contributed by atoms with Gasteiger partial charge in [-0.3, -0.25) is 19.3 Å². The number of nitrogens with zero attached hydrogens (tertiary/aromatic N) is 1. The molecule has 0 radical (unpaired) electrons. The van der Waals surface area contributed by atoms with Gasteiger partial charge in [0.05, 0.1) is 26.2 Å². The van der Waals surface area contributed by atoms with Crippen LogP contribution in [0.2, 0.25) is 0 Å². The number of hydrogen-bond acceptors (Lipinski definition) is 7. The number of rotatable bonds is 11. The summed E-state index contributed by atoms with van der Waals surface area (Å²) in [6, 6.07) is 0. The minimum absolute atomic E-state index is 0.142. The van der Waals surface area contributed by atoms with Crippen LogP contribution in [0.1, 0.15) is 0 Å². The van der Waals surface area contributed by atoms with Crippen LogP contribution in [0.4, 0.5) is 0 Å². The number of aliphatic carboxylic acids is 2. The predicted molar refractivity (Wildman–Crippen MR) is 62.6 cm³/mol. The van der Waals surface area contributed by atoms with E-state index in [0.29, 0.717) is 0 Å². The molecule has 19 heavy (non-hydrogen) atoms. The van der Waals surface area contributed by atoms with E-state index in [4.69, 9.17) is 15.3 Å². The van der Waals surface area contributed by atoms with Crippen molar-refractivity contribution in [1.82, 2.24) is 10.2 Å². The molecule has 9 heteroatoms. The number of carbonyl (C=O) groups is 3. The number of carbonyl (C=O) groups excluding carboxylic acids is 1. The summed E-state index contributed by atoms with van der Waals surface area (Å²) in [5.41, 5.74) is 0. The molecule has 0 aromatic rings. The summed E-state index contributed by atoms with van der Waals surface area (Å²) in [4.78, 5) is 33.4. The van der Waals surface area contributed by atoms with Crippen molar-refractivity contribution in [2.75, 3.05) is 45.9 Å². The molecule has 9 nitrogen and oxygen atoms in total. The van der Waals surface area contributed by atoms with E-state index < -0.39 is 17.9 Å². The summed E-state index contributed by atoms with van der Waals surface area (Å²) in [7, 11) is 0. The van der Waals surface area contributed by atoms with Crippen molar-refractivity contribution in [1.29, 1.82) is 0 Å². The Hall–Kier alpha value is -1.71. The summed E-state index contributed by atoms with van der Waals surface area (Å²) >= 11 is 0. The Kier molecular flexibility index (Phi) is 9.31. The Balaban J connectivity index is 4.04. The molecular weight excluding hydrogens is 260 g/mol. The highest BCUT2D eigenvalue weighted by molar-refractivity contribution is 5.74. The molecule has 0 bridgehead atoms. The molecule has 0 aromatic carbocycles. The number of aliphatic hydroxyl groups is 1. The van der Waals surface area contributed by atoms with E-state index in [-0.39, 0.29) is 45.9 Å². The Bertz CT molecular complexity index is 308. The van der Waals surface area contributed by atoms with Crippen molar-refractivity contribution < 1.29 is 34.4 Å². The molecule has 0 saturated heterocycles. The fourth-order valence-corrected chi connectivity index (χ4v) is 1.23. The van der Waals surface area contributed by atoms with Gasteiger partial charge >= 0.3 is 17.9 Å². The monoisotopic (exact) mass is 278 g/mol. The fourth-order valence-electron chi connectivity index (χ4n) is 1.23. The summed E-state index contributed by atoms with van der Waals surface area (Å²) in [5, 5.41) is 28.1. The molecule has 0 rings (SSSR count). The molecule has 0 heterocycles. The second kappa shape index (κ2) is 10.2. The molecule has 0 aliphatic carbocycles. The molecule has 0 spiro atoms. The van der Waals surface area contributed by atoms with Gasteiger partial charge in [0.1, 0.15) is 6.61 Å². The van der Waals surface area contributed by atoms with Gasteiger partial charge in [0.25, 0.3) is 0 Å². The molecule has 0 atom stereocenters. The topological polar surface area (TPSA) is 136 Å². The smallest absolute Gasteiger partial charge is 0.320 e. The van der Waals surface area contributed by atoms with E-state index in [1.165, 1.54) is 4.90 Å². The van der Waals surface area contributed by atoms with E-state index >= 15 is 0 Å². The molecule has 0 aromatic heterocycles. The first-order valence-electron chi connectivity index (χ1n) is 5.59. The molecule has 110 valence electrons. The van der Waals surface area contributed by atoms with Gasteiger partial charge in [-0.1, -0.05) is 0 Å². The molecule has 0 fully saturated rings. The van der Waals surface area contributed by atoms with Crippen molar-refractivity contribution in [3.05, 3.63) is 0 Å². The number of carboxylic acid groups (broad SMARTS) is 2. The van der Waals surface area contributed by atoms with Crippen molar-refractivity contribution in [3.63, 3.8) is 0 Å². The first-order chi connectivity index (χ1) is 8.95. The molecule has 0 aliphatic rings. The Morgan fingerprint density at radius 2 is 1.79 bits per heavy atom. The largest absolute Gasteiger partial charge is 0.480 e. The normalized spacial score (nSPS) is 10.4. The maximum absolute atomic E-state index is 11.3. The van der Waals surface area contributed by atoms with Crippen LogP contribution in [0, 0.1) is 0 Å². The third-order valence-electron chi connectivity index (χ3n) is 1.95. The summed E-state index contributed by atoms with van der Waals surface area (Å²) < 4.78 is 4.61. The van der Waals surface area contributed by atoms with Gasteiger partial charge in [-0.05, 0) is 0 Å². The minimum atomic E-state index is -1.10. The van der Waals surface area contributed by atoms with Gasteiger partial charge in [0.2, 0.25) is 0 Å². The number of esters is 1. The maximum Gasteiger partial charge on any atom is 0.320 e. The molecule has 4 N–H and O–H groups in total. The zero-order valence-corrected chi connectivity index (χ0v) is 10.4. The van der Waals surface area contributed by atoms with Crippen molar-refractivity contribution >= 4 is 17.9 Å². The standard InChI is InChI=1S/C10H18N2O7/c13-3-4-19-10(18)7-12(6-9(16)17)2-1-11-5-8(14)15/h11,13H,1-7H2,(H,14,15)(H,16,17). The van der Waals surface area contributed by atoms with Crippen LogP contribution in [0.3, 0.4) is 0 Å². The van der Waals surface area contributed by atoms with Gasteiger partial charge < -0.3 is 25.4 Å². The van der Waals surface area contributed by atoms with E-state index in [2.05, 4.69) is 10.1 Å². The second-order valence-corrected chi connectivity index (χ2v) is 3.62. The van der Waals surface area contributed by atoms with Crippen molar-refractivity contribution in [2.24, 2.45) is 0 Å².